The molecule has 0 saturated heterocycles. The van der Waals surface area contributed by atoms with Crippen LogP contribution < -0.4 is 4.74 Å². The molecule has 0 unspecified atom stereocenters. The summed E-state index contributed by atoms with van der Waals surface area (Å²) in [4.78, 5) is 3.98. The van der Waals surface area contributed by atoms with Crippen molar-refractivity contribution >= 4 is 15.9 Å². The van der Waals surface area contributed by atoms with Gasteiger partial charge in [-0.1, -0.05) is 15.9 Å². The molecule has 1 aromatic heterocycles. The molecule has 1 aromatic carbocycles. The molecule has 1 heterocycles. The Morgan fingerprint density at radius 1 is 1.50 bits per heavy atom. The average Bonchev–Trinajstić information content (AvgIpc) is 2.66. The van der Waals surface area contributed by atoms with Crippen LogP contribution in [0.4, 0.5) is 4.39 Å². The molecule has 0 aliphatic rings. The monoisotopic (exact) mass is 285 g/mol. The lowest BCUT2D eigenvalue weighted by atomic mass is 10.3. The number of benzene rings is 1. The Labute approximate surface area is 100 Å². The highest BCUT2D eigenvalue weighted by atomic mass is 79.9. The van der Waals surface area contributed by atoms with Crippen molar-refractivity contribution < 1.29 is 9.13 Å². The Balaban J connectivity index is 2.10. The average molecular weight is 286 g/mol. The van der Waals surface area contributed by atoms with Gasteiger partial charge >= 0.3 is 0 Å². The zero-order valence-electron chi connectivity index (χ0n) is 8.52. The highest BCUT2D eigenvalue weighted by Crippen LogP contribution is 2.22. The Hall–Kier alpha value is -1.43. The molecule has 0 atom stereocenters. The van der Waals surface area contributed by atoms with Gasteiger partial charge in [0.05, 0.1) is 0 Å². The van der Waals surface area contributed by atoms with Crippen LogP contribution in [0.2, 0.25) is 0 Å². The molecule has 2 rings (SSSR count). The van der Waals surface area contributed by atoms with Crippen molar-refractivity contribution in [3.63, 3.8) is 0 Å². The van der Waals surface area contributed by atoms with Crippen LogP contribution in [-0.2, 0) is 13.7 Å². The Morgan fingerprint density at radius 3 is 3.00 bits per heavy atom. The first-order valence-corrected chi connectivity index (χ1v) is 5.37. The standard InChI is InChI=1S/C10H9BrFN3O/c1-15-10(13-6-14-15)5-16-9-4-7(11)2-3-8(9)12/h2-4,6H,5H2,1H3. The molecular formula is C10H9BrFN3O. The Kier molecular flexibility index (Phi) is 3.19. The summed E-state index contributed by atoms with van der Waals surface area (Å²) in [6.45, 7) is 0.184. The van der Waals surface area contributed by atoms with E-state index in [4.69, 9.17) is 4.74 Å². The van der Waals surface area contributed by atoms with E-state index in [0.717, 1.165) is 4.47 Å². The molecule has 2 aromatic rings. The number of aromatic nitrogens is 3. The number of hydrogen-bond donors (Lipinski definition) is 0. The lowest BCUT2D eigenvalue weighted by Gasteiger charge is -2.06. The van der Waals surface area contributed by atoms with Crippen LogP contribution in [0.15, 0.2) is 29.0 Å². The van der Waals surface area contributed by atoms with Gasteiger partial charge in [0.25, 0.3) is 0 Å². The smallest absolute Gasteiger partial charge is 0.165 e. The van der Waals surface area contributed by atoms with Gasteiger partial charge in [-0.25, -0.2) is 9.37 Å². The van der Waals surface area contributed by atoms with Gasteiger partial charge in [0.15, 0.2) is 17.4 Å². The van der Waals surface area contributed by atoms with E-state index in [1.54, 1.807) is 23.9 Å². The van der Waals surface area contributed by atoms with Crippen LogP contribution in [0, 0.1) is 5.82 Å². The first-order valence-electron chi connectivity index (χ1n) is 4.57. The minimum atomic E-state index is -0.398. The second kappa shape index (κ2) is 4.61. The van der Waals surface area contributed by atoms with Crippen LogP contribution in [0.5, 0.6) is 5.75 Å². The van der Waals surface area contributed by atoms with Gasteiger partial charge < -0.3 is 4.74 Å². The summed E-state index contributed by atoms with van der Waals surface area (Å²) < 4.78 is 21.0. The zero-order valence-corrected chi connectivity index (χ0v) is 10.1. The van der Waals surface area contributed by atoms with E-state index in [1.807, 2.05) is 0 Å². The van der Waals surface area contributed by atoms with Crippen molar-refractivity contribution in [3.8, 4) is 5.75 Å². The molecule has 84 valence electrons. The lowest BCUT2D eigenvalue weighted by molar-refractivity contribution is 0.275. The number of aryl methyl sites for hydroxylation is 1. The van der Waals surface area contributed by atoms with Crippen molar-refractivity contribution in [2.75, 3.05) is 0 Å². The predicted octanol–water partition coefficient (Wildman–Crippen LogP) is 2.30. The van der Waals surface area contributed by atoms with Gasteiger partial charge in [0.1, 0.15) is 12.9 Å². The summed E-state index contributed by atoms with van der Waals surface area (Å²) in [5, 5.41) is 3.89. The highest BCUT2D eigenvalue weighted by Gasteiger charge is 2.06. The summed E-state index contributed by atoms with van der Waals surface area (Å²) in [7, 11) is 1.75. The maximum atomic E-state index is 13.3. The largest absolute Gasteiger partial charge is 0.483 e. The third-order valence-corrected chi connectivity index (χ3v) is 2.55. The molecular weight excluding hydrogens is 277 g/mol. The van der Waals surface area contributed by atoms with E-state index in [-0.39, 0.29) is 12.4 Å². The third-order valence-electron chi connectivity index (χ3n) is 2.06. The van der Waals surface area contributed by atoms with Crippen molar-refractivity contribution in [1.29, 1.82) is 0 Å². The van der Waals surface area contributed by atoms with Crippen LogP contribution in [0.1, 0.15) is 5.82 Å². The van der Waals surface area contributed by atoms with E-state index in [1.165, 1.54) is 12.4 Å². The molecule has 0 aliphatic heterocycles. The van der Waals surface area contributed by atoms with E-state index in [9.17, 15) is 4.39 Å². The maximum Gasteiger partial charge on any atom is 0.165 e. The molecule has 0 amide bonds. The first kappa shape index (κ1) is 11.1. The van der Waals surface area contributed by atoms with Gasteiger partial charge in [0.2, 0.25) is 0 Å². The summed E-state index contributed by atoms with van der Waals surface area (Å²) >= 11 is 3.25. The van der Waals surface area contributed by atoms with Gasteiger partial charge in [-0.2, -0.15) is 5.10 Å². The van der Waals surface area contributed by atoms with E-state index >= 15 is 0 Å². The second-order valence-corrected chi connectivity index (χ2v) is 4.08. The fourth-order valence-corrected chi connectivity index (χ4v) is 1.52. The normalized spacial score (nSPS) is 10.4. The second-order valence-electron chi connectivity index (χ2n) is 3.16. The van der Waals surface area contributed by atoms with Crippen molar-refractivity contribution in [2.24, 2.45) is 7.05 Å². The lowest BCUT2D eigenvalue weighted by Crippen LogP contribution is -2.05. The summed E-state index contributed by atoms with van der Waals surface area (Å²) in [5.41, 5.74) is 0. The number of ether oxygens (including phenoxy) is 1. The van der Waals surface area contributed by atoms with E-state index in [2.05, 4.69) is 26.0 Å². The summed E-state index contributed by atoms with van der Waals surface area (Å²) in [6.07, 6.45) is 1.43. The zero-order chi connectivity index (χ0) is 11.5. The predicted molar refractivity (Wildman–Crippen MR) is 59.4 cm³/mol. The van der Waals surface area contributed by atoms with Gasteiger partial charge in [-0.05, 0) is 18.2 Å². The van der Waals surface area contributed by atoms with Crippen molar-refractivity contribution in [3.05, 3.63) is 40.6 Å². The fraction of sp³-hybridized carbons (Fsp3) is 0.200. The topological polar surface area (TPSA) is 39.9 Å². The maximum absolute atomic E-state index is 13.3. The van der Waals surface area contributed by atoms with Crippen LogP contribution >= 0.6 is 15.9 Å². The molecule has 0 fully saturated rings. The number of nitrogens with zero attached hydrogens (tertiary/aromatic N) is 3. The number of hydrogen-bond acceptors (Lipinski definition) is 3. The third kappa shape index (κ3) is 2.38. The molecule has 4 nitrogen and oxygen atoms in total. The minimum Gasteiger partial charge on any atom is -0.483 e. The molecule has 0 bridgehead atoms. The molecule has 0 N–H and O–H groups in total. The molecule has 0 aliphatic carbocycles. The molecule has 16 heavy (non-hydrogen) atoms. The Morgan fingerprint density at radius 2 is 2.31 bits per heavy atom. The SMILES string of the molecule is Cn1ncnc1COc1cc(Br)ccc1F. The Bertz CT molecular complexity index is 501. The van der Waals surface area contributed by atoms with Crippen LogP contribution in [-0.4, -0.2) is 14.8 Å². The van der Waals surface area contributed by atoms with Gasteiger partial charge in [-0.15, -0.1) is 0 Å². The number of rotatable bonds is 3. The first-order chi connectivity index (χ1) is 7.66. The van der Waals surface area contributed by atoms with Crippen LogP contribution in [0.3, 0.4) is 0 Å². The summed E-state index contributed by atoms with van der Waals surface area (Å²) in [6, 6.07) is 4.53. The van der Waals surface area contributed by atoms with Crippen LogP contribution in [0.25, 0.3) is 0 Å². The minimum absolute atomic E-state index is 0.184. The van der Waals surface area contributed by atoms with Crippen molar-refractivity contribution in [2.45, 2.75) is 6.61 Å². The van der Waals surface area contributed by atoms with Crippen molar-refractivity contribution in [1.82, 2.24) is 14.8 Å². The number of halogens is 2. The fourth-order valence-electron chi connectivity index (χ4n) is 1.18. The van der Waals surface area contributed by atoms with Gasteiger partial charge in [0, 0.05) is 11.5 Å². The highest BCUT2D eigenvalue weighted by molar-refractivity contribution is 9.10. The molecule has 0 spiro atoms. The molecule has 0 radical (unpaired) electrons. The molecule has 6 heteroatoms. The summed E-state index contributed by atoms with van der Waals surface area (Å²) in [5.74, 6) is 0.433. The quantitative estimate of drug-likeness (QED) is 0.869. The van der Waals surface area contributed by atoms with Gasteiger partial charge in [-0.3, -0.25) is 4.68 Å². The molecule has 0 saturated carbocycles. The van der Waals surface area contributed by atoms with E-state index < -0.39 is 5.82 Å². The van der Waals surface area contributed by atoms with E-state index in [0.29, 0.717) is 5.82 Å².